The molecule has 0 aliphatic carbocycles. The zero-order chi connectivity index (χ0) is 16.5. The third-order valence-corrected chi connectivity index (χ3v) is 2.77. The number of nitrogens with one attached hydrogen (secondary N) is 1. The summed E-state index contributed by atoms with van der Waals surface area (Å²) in [5, 5.41) is 21.5. The molecule has 0 saturated carbocycles. The van der Waals surface area contributed by atoms with Crippen LogP contribution in [0.1, 0.15) is 5.56 Å². The van der Waals surface area contributed by atoms with E-state index in [0.717, 1.165) is 0 Å². The fraction of sp³-hybridized carbons (Fsp3) is 0.333. The van der Waals surface area contributed by atoms with Gasteiger partial charge in [0.25, 0.3) is 5.91 Å². The molecule has 118 valence electrons. The van der Waals surface area contributed by atoms with Crippen molar-refractivity contribution in [2.75, 3.05) is 34.5 Å². The van der Waals surface area contributed by atoms with Crippen molar-refractivity contribution >= 4 is 12.0 Å². The van der Waals surface area contributed by atoms with Gasteiger partial charge in [-0.15, -0.1) is 0 Å². The normalized spacial score (nSPS) is 10.7. The monoisotopic (exact) mass is 306 g/mol. The minimum atomic E-state index is -0.509. The molecular weight excluding hydrogens is 288 g/mol. The number of phenolic OH excluding ortho intramolecular Hbond substituents is 1. The molecule has 7 nitrogen and oxygen atoms in total. The van der Waals surface area contributed by atoms with Gasteiger partial charge in [-0.2, -0.15) is 5.26 Å². The smallest absolute Gasteiger partial charge is 0.262 e. The Hall–Kier alpha value is -2.72. The van der Waals surface area contributed by atoms with E-state index in [1.165, 1.54) is 39.5 Å². The van der Waals surface area contributed by atoms with Crippen LogP contribution in [0.4, 0.5) is 0 Å². The van der Waals surface area contributed by atoms with Gasteiger partial charge in [0.2, 0.25) is 5.75 Å². The number of carbonyl (C=O) groups excluding carboxylic acids is 1. The highest BCUT2D eigenvalue weighted by atomic mass is 16.5. The number of phenols is 1. The molecule has 1 aromatic carbocycles. The van der Waals surface area contributed by atoms with E-state index in [-0.39, 0.29) is 22.8 Å². The van der Waals surface area contributed by atoms with Crippen LogP contribution < -0.4 is 14.8 Å². The molecular formula is C15H18N2O5. The SMILES string of the molecule is COCCNC(=O)/C(C#N)=C\c1cc(OC)c(O)c(OC)c1. The number of ether oxygens (including phenoxy) is 3. The number of nitriles is 1. The molecule has 0 aromatic heterocycles. The average molecular weight is 306 g/mol. The quantitative estimate of drug-likeness (QED) is 0.444. The Bertz CT molecular complexity index is 579. The Morgan fingerprint density at radius 2 is 1.91 bits per heavy atom. The fourth-order valence-corrected chi connectivity index (χ4v) is 1.67. The van der Waals surface area contributed by atoms with Crippen LogP contribution in [0.3, 0.4) is 0 Å². The predicted molar refractivity (Wildman–Crippen MR) is 79.7 cm³/mol. The van der Waals surface area contributed by atoms with Gasteiger partial charge in [0.15, 0.2) is 11.5 Å². The van der Waals surface area contributed by atoms with Crippen LogP contribution in [0.25, 0.3) is 6.08 Å². The third kappa shape index (κ3) is 4.40. The molecule has 0 saturated heterocycles. The third-order valence-electron chi connectivity index (χ3n) is 2.77. The number of benzene rings is 1. The zero-order valence-electron chi connectivity index (χ0n) is 12.7. The van der Waals surface area contributed by atoms with Gasteiger partial charge in [-0.3, -0.25) is 4.79 Å². The van der Waals surface area contributed by atoms with E-state index in [9.17, 15) is 9.90 Å². The summed E-state index contributed by atoms with van der Waals surface area (Å²) in [5.41, 5.74) is 0.413. The molecule has 0 aliphatic rings. The first-order valence-electron chi connectivity index (χ1n) is 6.41. The first-order valence-corrected chi connectivity index (χ1v) is 6.41. The average Bonchev–Trinajstić information content (AvgIpc) is 2.53. The number of hydrogen-bond donors (Lipinski definition) is 2. The second-order valence-electron chi connectivity index (χ2n) is 4.19. The zero-order valence-corrected chi connectivity index (χ0v) is 12.7. The Kier molecular flexibility index (Phi) is 6.73. The van der Waals surface area contributed by atoms with Crippen LogP contribution >= 0.6 is 0 Å². The molecule has 0 heterocycles. The van der Waals surface area contributed by atoms with E-state index in [4.69, 9.17) is 19.5 Å². The van der Waals surface area contributed by atoms with Crippen molar-refractivity contribution in [3.05, 3.63) is 23.3 Å². The van der Waals surface area contributed by atoms with E-state index in [1.807, 2.05) is 6.07 Å². The van der Waals surface area contributed by atoms with Gasteiger partial charge in [-0.25, -0.2) is 0 Å². The molecule has 1 aromatic rings. The summed E-state index contributed by atoms with van der Waals surface area (Å²) in [4.78, 5) is 11.9. The Labute approximate surface area is 128 Å². The molecule has 0 atom stereocenters. The molecule has 0 spiro atoms. The second kappa shape index (κ2) is 8.54. The van der Waals surface area contributed by atoms with Crippen molar-refractivity contribution in [1.82, 2.24) is 5.32 Å². The Balaban J connectivity index is 3.07. The van der Waals surface area contributed by atoms with E-state index >= 15 is 0 Å². The maximum absolute atomic E-state index is 11.9. The number of methoxy groups -OCH3 is 3. The summed E-state index contributed by atoms with van der Waals surface area (Å²) in [6.45, 7) is 0.655. The topological polar surface area (TPSA) is 101 Å². The van der Waals surface area contributed by atoms with Crippen molar-refractivity contribution in [3.63, 3.8) is 0 Å². The summed E-state index contributed by atoms with van der Waals surface area (Å²) < 4.78 is 14.9. The molecule has 2 N–H and O–H groups in total. The first-order chi connectivity index (χ1) is 10.6. The minimum Gasteiger partial charge on any atom is -0.502 e. The lowest BCUT2D eigenvalue weighted by Gasteiger charge is -2.10. The summed E-state index contributed by atoms with van der Waals surface area (Å²) in [5.74, 6) is -0.291. The molecule has 0 unspecified atom stereocenters. The van der Waals surface area contributed by atoms with Gasteiger partial charge in [0, 0.05) is 13.7 Å². The maximum atomic E-state index is 11.9. The number of rotatable bonds is 7. The molecule has 0 radical (unpaired) electrons. The second-order valence-corrected chi connectivity index (χ2v) is 4.19. The molecule has 0 fully saturated rings. The van der Waals surface area contributed by atoms with Gasteiger partial charge in [-0.05, 0) is 23.8 Å². The maximum Gasteiger partial charge on any atom is 0.262 e. The first kappa shape index (κ1) is 17.3. The van der Waals surface area contributed by atoms with E-state index < -0.39 is 5.91 Å². The summed E-state index contributed by atoms with van der Waals surface area (Å²) in [6.07, 6.45) is 1.38. The number of hydrogen-bond acceptors (Lipinski definition) is 6. The highest BCUT2D eigenvalue weighted by Crippen LogP contribution is 2.37. The molecule has 1 amide bonds. The van der Waals surface area contributed by atoms with E-state index in [0.29, 0.717) is 18.7 Å². The van der Waals surface area contributed by atoms with Crippen molar-refractivity contribution < 1.29 is 24.1 Å². The van der Waals surface area contributed by atoms with Crippen LogP contribution in [0.2, 0.25) is 0 Å². The molecule has 7 heteroatoms. The number of aromatic hydroxyl groups is 1. The lowest BCUT2D eigenvalue weighted by atomic mass is 10.1. The van der Waals surface area contributed by atoms with E-state index in [1.54, 1.807) is 0 Å². The van der Waals surface area contributed by atoms with Crippen molar-refractivity contribution in [2.45, 2.75) is 0 Å². The molecule has 22 heavy (non-hydrogen) atoms. The number of nitrogens with zero attached hydrogens (tertiary/aromatic N) is 1. The van der Waals surface area contributed by atoms with Gasteiger partial charge in [0.05, 0.1) is 20.8 Å². The van der Waals surface area contributed by atoms with Gasteiger partial charge >= 0.3 is 0 Å². The lowest BCUT2D eigenvalue weighted by Crippen LogP contribution is -2.27. The van der Waals surface area contributed by atoms with E-state index in [2.05, 4.69) is 5.32 Å². The van der Waals surface area contributed by atoms with Gasteiger partial charge in [-0.1, -0.05) is 0 Å². The van der Waals surface area contributed by atoms with Gasteiger partial charge in [0.1, 0.15) is 11.6 Å². The van der Waals surface area contributed by atoms with Crippen LogP contribution in [0.5, 0.6) is 17.2 Å². The Morgan fingerprint density at radius 1 is 1.32 bits per heavy atom. The number of amides is 1. The standard InChI is InChI=1S/C15H18N2O5/c1-20-5-4-17-15(19)11(9-16)6-10-7-12(21-2)14(18)13(8-10)22-3/h6-8,18H,4-5H2,1-3H3,(H,17,19)/b11-6-. The number of carbonyl (C=O) groups is 1. The summed E-state index contributed by atoms with van der Waals surface area (Å²) in [6, 6.07) is 4.83. The van der Waals surface area contributed by atoms with Crippen LogP contribution in [0.15, 0.2) is 17.7 Å². The summed E-state index contributed by atoms with van der Waals surface area (Å²) >= 11 is 0. The molecule has 0 aliphatic heterocycles. The highest BCUT2D eigenvalue weighted by molar-refractivity contribution is 6.01. The van der Waals surface area contributed by atoms with Crippen LogP contribution in [-0.2, 0) is 9.53 Å². The van der Waals surface area contributed by atoms with Crippen LogP contribution in [-0.4, -0.2) is 45.5 Å². The van der Waals surface area contributed by atoms with Crippen molar-refractivity contribution in [1.29, 1.82) is 5.26 Å². The minimum absolute atomic E-state index is 0.0779. The summed E-state index contributed by atoms with van der Waals surface area (Å²) in [7, 11) is 4.30. The molecule has 1 rings (SSSR count). The Morgan fingerprint density at radius 3 is 2.36 bits per heavy atom. The van der Waals surface area contributed by atoms with Crippen LogP contribution in [0, 0.1) is 11.3 Å². The largest absolute Gasteiger partial charge is 0.502 e. The van der Waals surface area contributed by atoms with Gasteiger partial charge < -0.3 is 24.6 Å². The fourth-order valence-electron chi connectivity index (χ4n) is 1.67. The highest BCUT2D eigenvalue weighted by Gasteiger charge is 2.13. The molecule has 0 bridgehead atoms. The van der Waals surface area contributed by atoms with Crippen molar-refractivity contribution in [3.8, 4) is 23.3 Å². The lowest BCUT2D eigenvalue weighted by molar-refractivity contribution is -0.117. The van der Waals surface area contributed by atoms with Crippen molar-refractivity contribution in [2.24, 2.45) is 0 Å². The predicted octanol–water partition coefficient (Wildman–Crippen LogP) is 1.08.